The van der Waals surface area contributed by atoms with Crippen molar-refractivity contribution in [3.63, 3.8) is 0 Å². The highest BCUT2D eigenvalue weighted by molar-refractivity contribution is 7.76. The van der Waals surface area contributed by atoms with Crippen molar-refractivity contribution in [1.29, 1.82) is 0 Å². The first kappa shape index (κ1) is 30.9. The summed E-state index contributed by atoms with van der Waals surface area (Å²) in [5.41, 5.74) is 4.32. The lowest BCUT2D eigenvalue weighted by Crippen LogP contribution is -2.57. The summed E-state index contributed by atoms with van der Waals surface area (Å²) in [5, 5.41) is 15.7. The third-order valence-corrected chi connectivity index (χ3v) is 8.46. The van der Waals surface area contributed by atoms with Crippen LogP contribution in [0, 0.1) is 11.8 Å². The van der Waals surface area contributed by atoms with Crippen molar-refractivity contribution in [1.82, 2.24) is 14.7 Å². The number of carbonyl (C=O) groups is 2. The number of hydrogen-bond donors (Lipinski definition) is 3. The Balaban J connectivity index is 1.23. The fourth-order valence-electron chi connectivity index (χ4n) is 5.34. The molecule has 3 N–H and O–H groups in total. The van der Waals surface area contributed by atoms with Gasteiger partial charge in [0.15, 0.2) is 0 Å². The van der Waals surface area contributed by atoms with E-state index in [4.69, 9.17) is 5.11 Å². The van der Waals surface area contributed by atoms with Crippen molar-refractivity contribution in [2.45, 2.75) is 25.9 Å². The maximum absolute atomic E-state index is 13.0. The summed E-state index contributed by atoms with van der Waals surface area (Å²) >= 11 is -2.30. The zero-order valence-corrected chi connectivity index (χ0v) is 25.2. The number of nitrogens with zero attached hydrogens (tertiary/aromatic N) is 3. The monoisotopic (exact) mass is 610 g/mol. The van der Waals surface area contributed by atoms with Crippen LogP contribution in [-0.2, 0) is 22.6 Å². The van der Waals surface area contributed by atoms with Crippen LogP contribution in [-0.4, -0.2) is 67.4 Å². The molecule has 0 saturated carbocycles. The molecule has 1 saturated heterocycles. The van der Waals surface area contributed by atoms with E-state index in [1.54, 1.807) is 11.9 Å². The van der Waals surface area contributed by atoms with E-state index >= 15 is 0 Å². The van der Waals surface area contributed by atoms with Crippen molar-refractivity contribution in [3.8, 4) is 11.8 Å². The van der Waals surface area contributed by atoms with Crippen LogP contribution in [0.3, 0.4) is 0 Å². The number of anilines is 1. The second-order valence-electron chi connectivity index (χ2n) is 10.6. The first-order valence-electron chi connectivity index (χ1n) is 14.4. The van der Waals surface area contributed by atoms with Gasteiger partial charge in [-0.05, 0) is 65.7 Å². The van der Waals surface area contributed by atoms with Crippen LogP contribution in [0.5, 0.6) is 0 Å². The van der Waals surface area contributed by atoms with Gasteiger partial charge in [-0.1, -0.05) is 60.4 Å². The molecule has 0 spiro atoms. The minimum atomic E-state index is -2.30. The molecular formula is C34H34N4O5S. The van der Waals surface area contributed by atoms with Gasteiger partial charge >= 0.3 is 5.97 Å². The lowest BCUT2D eigenvalue weighted by molar-refractivity contribution is -0.139. The molecule has 2 atom stereocenters. The van der Waals surface area contributed by atoms with Crippen LogP contribution in [0.4, 0.5) is 5.69 Å². The summed E-state index contributed by atoms with van der Waals surface area (Å²) in [4.78, 5) is 26.3. The molecule has 2 unspecified atom stereocenters. The zero-order chi connectivity index (χ0) is 31.1. The summed E-state index contributed by atoms with van der Waals surface area (Å²) in [6.45, 7) is 4.32. The smallest absolute Gasteiger partial charge is 0.305 e. The van der Waals surface area contributed by atoms with E-state index in [1.807, 2.05) is 91.0 Å². The highest BCUT2D eigenvalue weighted by Crippen LogP contribution is 2.22. The average Bonchev–Trinajstić information content (AvgIpc) is 3.03. The molecule has 0 bridgehead atoms. The van der Waals surface area contributed by atoms with Gasteiger partial charge in [0.2, 0.25) is 11.3 Å². The second kappa shape index (κ2) is 14.3. The van der Waals surface area contributed by atoms with E-state index in [0.29, 0.717) is 38.3 Å². The average molecular weight is 611 g/mol. The van der Waals surface area contributed by atoms with E-state index in [2.05, 4.69) is 22.1 Å². The minimum Gasteiger partial charge on any atom is -0.481 e. The number of carbonyl (C=O) groups excluding carboxylic acids is 1. The molecule has 10 heteroatoms. The van der Waals surface area contributed by atoms with Gasteiger partial charge in [-0.2, -0.15) is 0 Å². The van der Waals surface area contributed by atoms with Crippen molar-refractivity contribution >= 4 is 39.6 Å². The quantitative estimate of drug-likeness (QED) is 0.189. The highest BCUT2D eigenvalue weighted by Gasteiger charge is 2.30. The number of carboxylic acids is 1. The van der Waals surface area contributed by atoms with Crippen LogP contribution >= 0.6 is 0 Å². The molecule has 1 fully saturated rings. The number of piperazine rings is 1. The summed E-state index contributed by atoms with van der Waals surface area (Å²) < 4.78 is 22.9. The minimum absolute atomic E-state index is 0.131. The second-order valence-corrected chi connectivity index (χ2v) is 11.5. The van der Waals surface area contributed by atoms with Crippen LogP contribution in [0.15, 0.2) is 91.0 Å². The molecule has 226 valence electrons. The number of carboxylic acid groups (broad SMARTS) is 1. The van der Waals surface area contributed by atoms with Crippen LogP contribution in [0.25, 0.3) is 10.8 Å². The number of amides is 1. The Hall–Kier alpha value is -4.53. The third kappa shape index (κ3) is 7.70. The van der Waals surface area contributed by atoms with E-state index in [1.165, 1.54) is 4.41 Å². The highest BCUT2D eigenvalue weighted by atomic mass is 32.2. The Labute approximate surface area is 259 Å². The van der Waals surface area contributed by atoms with E-state index in [0.717, 1.165) is 33.2 Å². The number of hydrogen-bond acceptors (Lipinski definition) is 5. The van der Waals surface area contributed by atoms with Crippen molar-refractivity contribution < 1.29 is 23.5 Å². The van der Waals surface area contributed by atoms with Crippen molar-refractivity contribution in [3.05, 3.63) is 113 Å². The molecule has 0 aromatic heterocycles. The van der Waals surface area contributed by atoms with Gasteiger partial charge in [0.25, 0.3) is 5.91 Å². The van der Waals surface area contributed by atoms with Gasteiger partial charge in [-0.25, -0.2) is 9.22 Å². The zero-order valence-electron chi connectivity index (χ0n) is 24.3. The van der Waals surface area contributed by atoms with Gasteiger partial charge in [0.05, 0.1) is 6.42 Å². The molecular weight excluding hydrogens is 576 g/mol. The predicted molar refractivity (Wildman–Crippen MR) is 172 cm³/mol. The molecule has 0 aliphatic carbocycles. The normalized spacial score (nSPS) is 14.9. The molecule has 4 aromatic rings. The largest absolute Gasteiger partial charge is 0.481 e. The summed E-state index contributed by atoms with van der Waals surface area (Å²) in [7, 11) is 0. The standard InChI is InChI=1S/C34H34N4O5S/c1-25(22-33(39)40)38(44(42)43)37-20-18-36(19-21-37)30-16-13-26(14-17-30)10-11-27-12-15-29-8-5-9-31(32(29)23-27)34(41)35-24-28-6-3-2-4-7-28/h2-9,12-17,23,25H,18-22,24H2,1H3,(H,35,41)(H,39,40)(H,42,43). The molecule has 1 aliphatic rings. The SMILES string of the molecule is CC(CC(=O)O)N(N1CCN(c2ccc(C#Cc3ccc4cccc(C(=O)NCc5ccccc5)c4c3)cc2)CC1)S(=O)O. The molecule has 1 heterocycles. The maximum Gasteiger partial charge on any atom is 0.305 e. The first-order chi connectivity index (χ1) is 21.3. The van der Waals surface area contributed by atoms with Crippen LogP contribution in [0.2, 0.25) is 0 Å². The number of hydrazine groups is 1. The fourth-order valence-corrected chi connectivity index (χ4v) is 6.08. The summed E-state index contributed by atoms with van der Waals surface area (Å²) in [5.74, 6) is 5.30. The molecule has 1 aliphatic heterocycles. The van der Waals surface area contributed by atoms with E-state index < -0.39 is 23.3 Å². The Morgan fingerprint density at radius 2 is 1.59 bits per heavy atom. The van der Waals surface area contributed by atoms with Crippen LogP contribution < -0.4 is 10.2 Å². The Morgan fingerprint density at radius 1 is 0.909 bits per heavy atom. The number of fused-ring (bicyclic) bond motifs is 1. The number of aliphatic carboxylic acids is 1. The van der Waals surface area contributed by atoms with Gasteiger partial charge in [0, 0.05) is 61.1 Å². The van der Waals surface area contributed by atoms with E-state index in [9.17, 15) is 18.4 Å². The third-order valence-electron chi connectivity index (χ3n) is 7.55. The van der Waals surface area contributed by atoms with Crippen molar-refractivity contribution in [2.75, 3.05) is 31.1 Å². The van der Waals surface area contributed by atoms with Crippen molar-refractivity contribution in [2.24, 2.45) is 0 Å². The lowest BCUT2D eigenvalue weighted by atomic mass is 10.0. The molecule has 1 amide bonds. The van der Waals surface area contributed by atoms with Gasteiger partial charge in [-0.3, -0.25) is 14.1 Å². The van der Waals surface area contributed by atoms with Gasteiger partial charge in [-0.15, -0.1) is 4.41 Å². The first-order valence-corrected chi connectivity index (χ1v) is 15.4. The summed E-state index contributed by atoms with van der Waals surface area (Å²) in [6, 6.07) is 28.7. The summed E-state index contributed by atoms with van der Waals surface area (Å²) in [6.07, 6.45) is -0.223. The van der Waals surface area contributed by atoms with Gasteiger partial charge in [0.1, 0.15) is 0 Å². The fraction of sp³-hybridized carbons (Fsp3) is 0.235. The Kier molecular flexibility index (Phi) is 10.0. The molecule has 0 radical (unpaired) electrons. The lowest BCUT2D eigenvalue weighted by Gasteiger charge is -2.41. The van der Waals surface area contributed by atoms with Gasteiger partial charge < -0.3 is 15.3 Å². The Bertz CT molecular complexity index is 1710. The Morgan fingerprint density at radius 3 is 2.27 bits per heavy atom. The number of benzene rings is 4. The predicted octanol–water partition coefficient (Wildman–Crippen LogP) is 4.51. The molecule has 44 heavy (non-hydrogen) atoms. The maximum atomic E-state index is 13.0. The van der Waals surface area contributed by atoms with Crippen LogP contribution in [0.1, 0.15) is 40.4 Å². The molecule has 9 nitrogen and oxygen atoms in total. The number of rotatable bonds is 9. The molecule has 5 rings (SSSR count). The van der Waals surface area contributed by atoms with E-state index in [-0.39, 0.29) is 12.3 Å². The number of nitrogens with one attached hydrogen (secondary N) is 1. The molecule has 4 aromatic carbocycles. The topological polar surface area (TPSA) is 113 Å².